The van der Waals surface area contributed by atoms with Gasteiger partial charge in [-0.2, -0.15) is 0 Å². The number of fused-ring (bicyclic) bond motifs is 5. The van der Waals surface area contributed by atoms with Gasteiger partial charge in [-0.1, -0.05) is 24.6 Å². The van der Waals surface area contributed by atoms with Crippen LogP contribution < -0.4 is 10.2 Å². The molecule has 0 spiro atoms. The maximum atomic E-state index is 13.5. The van der Waals surface area contributed by atoms with Crippen LogP contribution in [0.1, 0.15) is 77.2 Å². The third kappa shape index (κ3) is 6.34. The minimum Gasteiger partial charge on any atom is -0.462 e. The first-order valence-corrected chi connectivity index (χ1v) is 16.4. The number of aryl methyl sites for hydroxylation is 1. The van der Waals surface area contributed by atoms with E-state index in [1.807, 2.05) is 6.08 Å². The van der Waals surface area contributed by atoms with E-state index < -0.39 is 0 Å². The fourth-order valence-electron chi connectivity index (χ4n) is 8.28. The quantitative estimate of drug-likeness (QED) is 0.254. The highest BCUT2D eigenvalue weighted by atomic mass is 35.5. The van der Waals surface area contributed by atoms with Gasteiger partial charge in [0.05, 0.1) is 0 Å². The standard InChI is InChI=1S/C33H44Cl2N2O4/c1-32-14-12-25(41-30(40)5-3-4-22-6-8-24(9-7-22)37(18-16-34)19-17-35)20-23(32)21-28(38)31-26(32)13-15-33(2)27(31)10-11-29(39)36-33/h6-9,21,25-27,31H,3-5,10-20H2,1-2H3,(H,36,39)/t25-,26?,27?,31?,32-,33-/m0/s1. The van der Waals surface area contributed by atoms with Gasteiger partial charge in [-0.25, -0.2) is 0 Å². The zero-order valence-electron chi connectivity index (χ0n) is 24.4. The van der Waals surface area contributed by atoms with Gasteiger partial charge in [0.25, 0.3) is 0 Å². The molecule has 224 valence electrons. The van der Waals surface area contributed by atoms with Crippen LogP contribution in [0, 0.1) is 23.2 Å². The van der Waals surface area contributed by atoms with E-state index in [0.717, 1.165) is 69.3 Å². The maximum Gasteiger partial charge on any atom is 0.306 e. The van der Waals surface area contributed by atoms with Crippen molar-refractivity contribution in [3.05, 3.63) is 41.5 Å². The largest absolute Gasteiger partial charge is 0.462 e. The van der Waals surface area contributed by atoms with E-state index in [4.69, 9.17) is 27.9 Å². The molecule has 1 aromatic rings. The average molecular weight is 604 g/mol. The molecule has 0 aromatic heterocycles. The number of nitrogens with one attached hydrogen (secondary N) is 1. The molecule has 0 bridgehead atoms. The second-order valence-electron chi connectivity index (χ2n) is 13.0. The van der Waals surface area contributed by atoms with Crippen molar-refractivity contribution in [3.63, 3.8) is 0 Å². The zero-order valence-corrected chi connectivity index (χ0v) is 25.9. The first kappa shape index (κ1) is 30.4. The van der Waals surface area contributed by atoms with Gasteiger partial charge >= 0.3 is 5.97 Å². The topological polar surface area (TPSA) is 75.7 Å². The first-order chi connectivity index (χ1) is 19.7. The van der Waals surface area contributed by atoms with Crippen LogP contribution in [0.3, 0.4) is 0 Å². The van der Waals surface area contributed by atoms with Crippen molar-refractivity contribution in [2.45, 2.75) is 89.7 Å². The number of piperidine rings is 1. The summed E-state index contributed by atoms with van der Waals surface area (Å²) in [6.07, 6.45) is 9.22. The highest BCUT2D eigenvalue weighted by Crippen LogP contribution is 2.59. The lowest BCUT2D eigenvalue weighted by Gasteiger charge is -2.58. The Morgan fingerprint density at radius 1 is 1.02 bits per heavy atom. The number of benzene rings is 1. The monoisotopic (exact) mass is 602 g/mol. The Morgan fingerprint density at radius 2 is 1.76 bits per heavy atom. The summed E-state index contributed by atoms with van der Waals surface area (Å²) in [6, 6.07) is 8.39. The van der Waals surface area contributed by atoms with E-state index in [1.54, 1.807) is 0 Å². The molecule has 41 heavy (non-hydrogen) atoms. The van der Waals surface area contributed by atoms with E-state index in [0.29, 0.717) is 36.9 Å². The fourth-order valence-corrected chi connectivity index (χ4v) is 8.68. The van der Waals surface area contributed by atoms with Gasteiger partial charge in [0.1, 0.15) is 6.10 Å². The zero-order chi connectivity index (χ0) is 29.2. The van der Waals surface area contributed by atoms with Crippen molar-refractivity contribution in [3.8, 4) is 0 Å². The molecule has 4 aliphatic rings. The van der Waals surface area contributed by atoms with Gasteiger partial charge in [-0.05, 0) is 92.9 Å². The maximum absolute atomic E-state index is 13.5. The summed E-state index contributed by atoms with van der Waals surface area (Å²) in [7, 11) is 0. The molecule has 1 aliphatic heterocycles. The smallest absolute Gasteiger partial charge is 0.306 e. The number of nitrogens with zero attached hydrogens (tertiary/aromatic N) is 1. The molecular weight excluding hydrogens is 559 g/mol. The Bertz CT molecular complexity index is 1160. The molecule has 2 saturated carbocycles. The van der Waals surface area contributed by atoms with Gasteiger partial charge in [0, 0.05) is 61.3 Å². The number of alkyl halides is 2. The summed E-state index contributed by atoms with van der Waals surface area (Å²) >= 11 is 11.9. The Labute approximate surface area is 254 Å². The minimum atomic E-state index is -0.280. The summed E-state index contributed by atoms with van der Waals surface area (Å²) in [5, 5.41) is 3.22. The van der Waals surface area contributed by atoms with E-state index in [2.05, 4.69) is 48.3 Å². The normalized spacial score (nSPS) is 32.6. The molecule has 3 fully saturated rings. The molecule has 1 heterocycles. The van der Waals surface area contributed by atoms with Crippen LogP contribution in [0.25, 0.3) is 0 Å². The lowest BCUT2D eigenvalue weighted by atomic mass is 9.48. The molecule has 1 saturated heterocycles. The van der Waals surface area contributed by atoms with E-state index in [1.165, 1.54) is 5.56 Å². The van der Waals surface area contributed by atoms with E-state index in [9.17, 15) is 14.4 Å². The number of carbonyl (C=O) groups excluding carboxylic acids is 3. The fraction of sp³-hybridized carbons (Fsp3) is 0.667. The molecular formula is C33H44Cl2N2O4. The highest BCUT2D eigenvalue weighted by Gasteiger charge is 2.58. The second-order valence-corrected chi connectivity index (χ2v) is 13.8. The van der Waals surface area contributed by atoms with Crippen molar-refractivity contribution in [2.75, 3.05) is 29.7 Å². The van der Waals surface area contributed by atoms with Crippen LogP contribution in [0.2, 0.25) is 0 Å². The number of amides is 1. The van der Waals surface area contributed by atoms with Gasteiger partial charge in [-0.15, -0.1) is 23.2 Å². The number of allylic oxidation sites excluding steroid dienone is 1. The summed E-state index contributed by atoms with van der Waals surface area (Å²) in [5.74, 6) is 1.73. The molecule has 6 nitrogen and oxygen atoms in total. The highest BCUT2D eigenvalue weighted by molar-refractivity contribution is 6.18. The molecule has 8 heteroatoms. The number of anilines is 1. The third-order valence-corrected chi connectivity index (χ3v) is 10.9. The van der Waals surface area contributed by atoms with Crippen molar-refractivity contribution in [1.82, 2.24) is 5.32 Å². The van der Waals surface area contributed by atoms with Crippen molar-refractivity contribution >= 4 is 46.5 Å². The van der Waals surface area contributed by atoms with Gasteiger partial charge < -0.3 is 15.0 Å². The van der Waals surface area contributed by atoms with Crippen LogP contribution in [0.15, 0.2) is 35.9 Å². The first-order valence-electron chi connectivity index (χ1n) is 15.4. The molecule has 1 amide bonds. The van der Waals surface area contributed by atoms with Crippen molar-refractivity contribution < 1.29 is 19.1 Å². The lowest BCUT2D eigenvalue weighted by molar-refractivity contribution is -0.152. The minimum absolute atomic E-state index is 0.0278. The molecule has 0 radical (unpaired) electrons. The Morgan fingerprint density at radius 3 is 2.46 bits per heavy atom. The summed E-state index contributed by atoms with van der Waals surface area (Å²) in [5.41, 5.74) is 3.13. The van der Waals surface area contributed by atoms with Gasteiger partial charge in [0.2, 0.25) is 5.91 Å². The second kappa shape index (κ2) is 12.7. The number of rotatable bonds is 10. The number of hydrogen-bond acceptors (Lipinski definition) is 5. The molecule has 6 atom stereocenters. The SMILES string of the molecule is C[C@]12CC[C@H](OC(=O)CCCc3ccc(N(CCCl)CCCl)cc3)CC1=CC(=O)C1C2CC[C@]2(C)NC(=O)CCC12. The number of carbonyl (C=O) groups is 3. The lowest BCUT2D eigenvalue weighted by Crippen LogP contribution is -2.64. The van der Waals surface area contributed by atoms with E-state index in [-0.39, 0.29) is 46.6 Å². The third-order valence-electron chi connectivity index (χ3n) is 10.6. The van der Waals surface area contributed by atoms with Gasteiger partial charge in [-0.3, -0.25) is 14.4 Å². The van der Waals surface area contributed by atoms with Crippen LogP contribution in [0.4, 0.5) is 5.69 Å². The summed E-state index contributed by atoms with van der Waals surface area (Å²) < 4.78 is 5.94. The Kier molecular flexibility index (Phi) is 9.40. The van der Waals surface area contributed by atoms with Crippen LogP contribution >= 0.6 is 23.2 Å². The molecule has 3 unspecified atom stereocenters. The number of halogens is 2. The molecule has 1 aromatic carbocycles. The summed E-state index contributed by atoms with van der Waals surface area (Å²) in [6.45, 7) is 5.96. The molecule has 5 rings (SSSR count). The Hall–Kier alpha value is -2.05. The van der Waals surface area contributed by atoms with Crippen LogP contribution in [0.5, 0.6) is 0 Å². The number of hydrogen-bond donors (Lipinski definition) is 1. The van der Waals surface area contributed by atoms with E-state index >= 15 is 0 Å². The van der Waals surface area contributed by atoms with Crippen molar-refractivity contribution in [1.29, 1.82) is 0 Å². The average Bonchev–Trinajstić information content (AvgIpc) is 2.93. The predicted octanol–water partition coefficient (Wildman–Crippen LogP) is 6.22. The van der Waals surface area contributed by atoms with Crippen molar-refractivity contribution in [2.24, 2.45) is 23.2 Å². The molecule has 1 N–H and O–H groups in total. The van der Waals surface area contributed by atoms with Crippen LogP contribution in [-0.4, -0.2) is 54.2 Å². The van der Waals surface area contributed by atoms with Gasteiger partial charge in [0.15, 0.2) is 5.78 Å². The number of ether oxygens (including phenoxy) is 1. The number of esters is 1. The molecule has 3 aliphatic carbocycles. The number of ketones is 1. The summed E-state index contributed by atoms with van der Waals surface area (Å²) in [4.78, 5) is 40.6. The predicted molar refractivity (Wildman–Crippen MR) is 163 cm³/mol. The van der Waals surface area contributed by atoms with Crippen LogP contribution in [-0.2, 0) is 25.5 Å². The Balaban J connectivity index is 1.14.